The predicted octanol–water partition coefficient (Wildman–Crippen LogP) is 4.63. The fourth-order valence-electron chi connectivity index (χ4n) is 2.71. The number of para-hydroxylation sites is 1. The number of nitrogens with one attached hydrogen (secondary N) is 2. The second-order valence-electron chi connectivity index (χ2n) is 6.45. The molecule has 0 unspecified atom stereocenters. The summed E-state index contributed by atoms with van der Waals surface area (Å²) >= 11 is 0. The van der Waals surface area contributed by atoms with Crippen LogP contribution in [-0.2, 0) is 11.3 Å². The van der Waals surface area contributed by atoms with E-state index in [1.165, 1.54) is 11.1 Å². The molecular weight excluding hydrogens is 352 g/mol. The van der Waals surface area contributed by atoms with Crippen molar-refractivity contribution in [2.45, 2.75) is 27.3 Å². The number of hydrogen-bond acceptors (Lipinski definition) is 6. The third kappa shape index (κ3) is 5.07. The highest BCUT2D eigenvalue weighted by atomic mass is 16.5. The number of carbonyl (C=O) groups excluding carboxylic acids is 1. The van der Waals surface area contributed by atoms with E-state index in [0.717, 1.165) is 5.69 Å². The molecule has 28 heavy (non-hydrogen) atoms. The zero-order chi connectivity index (χ0) is 19.9. The third-order valence-corrected chi connectivity index (χ3v) is 4.12. The van der Waals surface area contributed by atoms with Crippen molar-refractivity contribution in [3.8, 4) is 0 Å². The van der Waals surface area contributed by atoms with Crippen molar-refractivity contribution in [2.24, 2.45) is 0 Å². The van der Waals surface area contributed by atoms with E-state index in [4.69, 9.17) is 4.74 Å². The lowest BCUT2D eigenvalue weighted by molar-refractivity contribution is 0.0527. The molecule has 6 heteroatoms. The van der Waals surface area contributed by atoms with E-state index >= 15 is 0 Å². The summed E-state index contributed by atoms with van der Waals surface area (Å²) in [5.74, 6) is 0.753. The lowest BCUT2D eigenvalue weighted by Gasteiger charge is -2.12. The van der Waals surface area contributed by atoms with E-state index in [9.17, 15) is 4.79 Å². The molecule has 0 amide bonds. The number of hydrogen-bond donors (Lipinski definition) is 2. The molecule has 6 nitrogen and oxygen atoms in total. The van der Waals surface area contributed by atoms with Gasteiger partial charge in [0.05, 0.1) is 17.9 Å². The first-order chi connectivity index (χ1) is 13.5. The van der Waals surface area contributed by atoms with Gasteiger partial charge >= 0.3 is 5.97 Å². The zero-order valence-corrected chi connectivity index (χ0v) is 16.3. The van der Waals surface area contributed by atoms with Gasteiger partial charge in [0.15, 0.2) is 0 Å². The number of ether oxygens (including phenoxy) is 1. The number of anilines is 3. The molecule has 2 aromatic carbocycles. The van der Waals surface area contributed by atoms with Gasteiger partial charge in [-0.2, -0.15) is 4.98 Å². The molecule has 0 aliphatic rings. The van der Waals surface area contributed by atoms with E-state index < -0.39 is 0 Å². The minimum atomic E-state index is -0.379. The monoisotopic (exact) mass is 376 g/mol. The van der Waals surface area contributed by atoms with Gasteiger partial charge in [-0.1, -0.05) is 42.0 Å². The summed E-state index contributed by atoms with van der Waals surface area (Å²) < 4.78 is 5.12. The number of benzene rings is 2. The van der Waals surface area contributed by atoms with Crippen molar-refractivity contribution >= 4 is 23.4 Å². The van der Waals surface area contributed by atoms with Crippen LogP contribution in [0, 0.1) is 13.8 Å². The van der Waals surface area contributed by atoms with E-state index in [-0.39, 0.29) is 5.97 Å². The van der Waals surface area contributed by atoms with Gasteiger partial charge < -0.3 is 15.4 Å². The molecule has 144 valence electrons. The molecule has 0 atom stereocenters. The quantitative estimate of drug-likeness (QED) is 0.586. The second kappa shape index (κ2) is 8.99. The molecule has 0 radical (unpaired) electrons. The molecule has 0 aliphatic heterocycles. The summed E-state index contributed by atoms with van der Waals surface area (Å²) in [5.41, 5.74) is 4.27. The smallest absolute Gasteiger partial charge is 0.340 e. The van der Waals surface area contributed by atoms with E-state index in [0.29, 0.717) is 36.2 Å². The van der Waals surface area contributed by atoms with Gasteiger partial charge in [0, 0.05) is 18.3 Å². The van der Waals surface area contributed by atoms with Crippen LogP contribution in [0.1, 0.15) is 34.1 Å². The molecule has 3 rings (SSSR count). The van der Waals surface area contributed by atoms with Crippen molar-refractivity contribution in [1.82, 2.24) is 9.97 Å². The van der Waals surface area contributed by atoms with E-state index in [1.807, 2.05) is 19.1 Å². The fraction of sp³-hybridized carbons (Fsp3) is 0.227. The molecule has 0 fully saturated rings. The first-order valence-corrected chi connectivity index (χ1v) is 9.23. The van der Waals surface area contributed by atoms with Crippen LogP contribution in [0.3, 0.4) is 0 Å². The Morgan fingerprint density at radius 2 is 1.79 bits per heavy atom. The van der Waals surface area contributed by atoms with Gasteiger partial charge in [0.2, 0.25) is 5.95 Å². The molecule has 0 spiro atoms. The summed E-state index contributed by atoms with van der Waals surface area (Å²) in [4.78, 5) is 21.1. The highest BCUT2D eigenvalue weighted by Crippen LogP contribution is 2.21. The first-order valence-electron chi connectivity index (χ1n) is 9.23. The van der Waals surface area contributed by atoms with Crippen LogP contribution in [0.2, 0.25) is 0 Å². The number of nitrogens with zero attached hydrogens (tertiary/aromatic N) is 2. The lowest BCUT2D eigenvalue weighted by Crippen LogP contribution is -2.10. The molecule has 0 saturated carbocycles. The molecule has 0 aliphatic carbocycles. The topological polar surface area (TPSA) is 76.1 Å². The Morgan fingerprint density at radius 1 is 1.04 bits per heavy atom. The van der Waals surface area contributed by atoms with Crippen LogP contribution >= 0.6 is 0 Å². The molecule has 2 N–H and O–H groups in total. The minimum Gasteiger partial charge on any atom is -0.462 e. The van der Waals surface area contributed by atoms with Crippen molar-refractivity contribution < 1.29 is 9.53 Å². The molecule has 3 aromatic rings. The number of rotatable bonds is 7. The average Bonchev–Trinajstić information content (AvgIpc) is 2.68. The molecular formula is C22H24N4O2. The van der Waals surface area contributed by atoms with Gasteiger partial charge in [0.25, 0.3) is 0 Å². The summed E-state index contributed by atoms with van der Waals surface area (Å²) in [6.07, 6.45) is 0. The van der Waals surface area contributed by atoms with Gasteiger partial charge in [-0.15, -0.1) is 0 Å². The summed E-state index contributed by atoms with van der Waals surface area (Å²) in [7, 11) is 0. The summed E-state index contributed by atoms with van der Waals surface area (Å²) in [6.45, 7) is 6.73. The van der Waals surface area contributed by atoms with Crippen LogP contribution < -0.4 is 10.6 Å². The van der Waals surface area contributed by atoms with E-state index in [1.54, 1.807) is 25.1 Å². The standard InChI is InChI=1S/C22H24N4O2/c1-4-28-21(27)18-7-5-6-8-19(18)25-22-24-16(3)13-20(26-22)23-14-17-11-9-15(2)10-12-17/h5-13H,4,14H2,1-3H3,(H2,23,24,25,26). The number of aromatic nitrogens is 2. The number of aryl methyl sites for hydroxylation is 2. The van der Waals surface area contributed by atoms with Crippen LogP contribution in [0.4, 0.5) is 17.5 Å². The van der Waals surface area contributed by atoms with E-state index in [2.05, 4.69) is 51.8 Å². The SMILES string of the molecule is CCOC(=O)c1ccccc1Nc1nc(C)cc(NCc2ccc(C)cc2)n1. The lowest BCUT2D eigenvalue weighted by atomic mass is 10.1. The largest absolute Gasteiger partial charge is 0.462 e. The minimum absolute atomic E-state index is 0.321. The van der Waals surface area contributed by atoms with Crippen LogP contribution in [0.25, 0.3) is 0 Å². The van der Waals surface area contributed by atoms with Crippen molar-refractivity contribution in [1.29, 1.82) is 0 Å². The van der Waals surface area contributed by atoms with Crippen molar-refractivity contribution in [3.05, 3.63) is 77.0 Å². The Bertz CT molecular complexity index is 955. The van der Waals surface area contributed by atoms with Crippen molar-refractivity contribution in [2.75, 3.05) is 17.2 Å². The highest BCUT2D eigenvalue weighted by Gasteiger charge is 2.13. The zero-order valence-electron chi connectivity index (χ0n) is 16.3. The average molecular weight is 376 g/mol. The van der Waals surface area contributed by atoms with Gasteiger partial charge in [0.1, 0.15) is 5.82 Å². The van der Waals surface area contributed by atoms with Crippen molar-refractivity contribution in [3.63, 3.8) is 0 Å². The van der Waals surface area contributed by atoms with Gasteiger partial charge in [-0.25, -0.2) is 9.78 Å². The summed E-state index contributed by atoms with van der Waals surface area (Å²) in [5, 5.41) is 6.46. The predicted molar refractivity (Wildman–Crippen MR) is 111 cm³/mol. The van der Waals surface area contributed by atoms with Crippen LogP contribution in [-0.4, -0.2) is 22.5 Å². The van der Waals surface area contributed by atoms with Crippen LogP contribution in [0.15, 0.2) is 54.6 Å². The second-order valence-corrected chi connectivity index (χ2v) is 6.45. The van der Waals surface area contributed by atoms with Crippen LogP contribution in [0.5, 0.6) is 0 Å². The maximum absolute atomic E-state index is 12.2. The maximum Gasteiger partial charge on any atom is 0.340 e. The molecule has 1 aromatic heterocycles. The number of esters is 1. The Labute approximate surface area is 165 Å². The molecule has 0 saturated heterocycles. The number of carbonyl (C=O) groups is 1. The summed E-state index contributed by atoms with van der Waals surface area (Å²) in [6, 6.07) is 17.4. The third-order valence-electron chi connectivity index (χ3n) is 4.12. The Morgan fingerprint density at radius 3 is 2.54 bits per heavy atom. The highest BCUT2D eigenvalue weighted by molar-refractivity contribution is 5.96. The Balaban J connectivity index is 1.77. The molecule has 0 bridgehead atoms. The normalized spacial score (nSPS) is 10.4. The maximum atomic E-state index is 12.2. The van der Waals surface area contributed by atoms with Gasteiger partial charge in [-0.05, 0) is 38.5 Å². The fourth-order valence-corrected chi connectivity index (χ4v) is 2.71. The Hall–Kier alpha value is -3.41. The van der Waals surface area contributed by atoms with Gasteiger partial charge in [-0.3, -0.25) is 0 Å². The Kier molecular flexibility index (Phi) is 6.22. The first kappa shape index (κ1) is 19.4. The molecule has 1 heterocycles.